The van der Waals surface area contributed by atoms with Gasteiger partial charge in [-0.3, -0.25) is 4.79 Å². The number of amides is 1. The van der Waals surface area contributed by atoms with Gasteiger partial charge >= 0.3 is 0 Å². The number of aryl methyl sites for hydroxylation is 1. The molecule has 1 aliphatic heterocycles. The summed E-state index contributed by atoms with van der Waals surface area (Å²) in [6.45, 7) is 7.84. The van der Waals surface area contributed by atoms with Crippen LogP contribution >= 0.6 is 0 Å². The average Bonchev–Trinajstić information content (AvgIpc) is 2.84. The van der Waals surface area contributed by atoms with Gasteiger partial charge < -0.3 is 4.90 Å². The number of nitrogens with zero attached hydrogens (tertiary/aromatic N) is 2. The maximum absolute atomic E-state index is 12.9. The van der Waals surface area contributed by atoms with Crippen molar-refractivity contribution in [1.29, 1.82) is 0 Å². The van der Waals surface area contributed by atoms with Gasteiger partial charge in [-0.1, -0.05) is 32.8 Å². The Labute approximate surface area is 145 Å². The molecule has 1 aliphatic rings. The minimum absolute atomic E-state index is 0.0500. The minimum atomic E-state index is -3.55. The Morgan fingerprint density at radius 3 is 2.21 bits per heavy atom. The van der Waals surface area contributed by atoms with Gasteiger partial charge in [-0.15, -0.1) is 0 Å². The van der Waals surface area contributed by atoms with Gasteiger partial charge in [0.25, 0.3) is 5.91 Å². The Morgan fingerprint density at radius 1 is 1.08 bits per heavy atom. The van der Waals surface area contributed by atoms with Gasteiger partial charge in [0.05, 0.1) is 4.90 Å². The maximum atomic E-state index is 12.9. The monoisotopic (exact) mass is 352 g/mol. The smallest absolute Gasteiger partial charge is 0.254 e. The van der Waals surface area contributed by atoms with Crippen LogP contribution in [0, 0.1) is 6.92 Å². The molecule has 1 fully saturated rings. The zero-order valence-corrected chi connectivity index (χ0v) is 15.7. The van der Waals surface area contributed by atoms with Crippen LogP contribution in [0.15, 0.2) is 23.1 Å². The van der Waals surface area contributed by atoms with Gasteiger partial charge in [0, 0.05) is 31.7 Å². The molecular weight excluding hydrogens is 324 g/mol. The summed E-state index contributed by atoms with van der Waals surface area (Å²) in [5, 5.41) is 0. The lowest BCUT2D eigenvalue weighted by atomic mass is 10.1. The summed E-state index contributed by atoms with van der Waals surface area (Å²) < 4.78 is 26.8. The fraction of sp³-hybridized carbons (Fsp3) is 0.611. The molecule has 6 heteroatoms. The quantitative estimate of drug-likeness (QED) is 0.818. The lowest BCUT2D eigenvalue weighted by Gasteiger charge is -2.23. The fourth-order valence-corrected chi connectivity index (χ4v) is 4.63. The summed E-state index contributed by atoms with van der Waals surface area (Å²) in [5.74, 6) is -0.0500. The van der Waals surface area contributed by atoms with Gasteiger partial charge in [-0.05, 0) is 37.5 Å². The van der Waals surface area contributed by atoms with Crippen molar-refractivity contribution in [1.82, 2.24) is 9.21 Å². The second kappa shape index (κ2) is 8.12. The van der Waals surface area contributed by atoms with Gasteiger partial charge in [0.2, 0.25) is 10.0 Å². The van der Waals surface area contributed by atoms with Crippen LogP contribution in [0.3, 0.4) is 0 Å². The van der Waals surface area contributed by atoms with Crippen LogP contribution in [0.2, 0.25) is 0 Å². The minimum Gasteiger partial charge on any atom is -0.339 e. The molecule has 0 N–H and O–H groups in total. The van der Waals surface area contributed by atoms with Crippen LogP contribution < -0.4 is 0 Å². The Morgan fingerprint density at radius 2 is 1.67 bits per heavy atom. The number of carbonyl (C=O) groups is 1. The van der Waals surface area contributed by atoms with E-state index in [1.54, 1.807) is 18.2 Å². The zero-order valence-electron chi connectivity index (χ0n) is 14.9. The zero-order chi connectivity index (χ0) is 17.7. The third-order valence-electron chi connectivity index (χ3n) is 4.68. The summed E-state index contributed by atoms with van der Waals surface area (Å²) in [4.78, 5) is 14.9. The molecule has 1 heterocycles. The van der Waals surface area contributed by atoms with Crippen LogP contribution in [0.1, 0.15) is 55.5 Å². The predicted molar refractivity (Wildman–Crippen MR) is 95.7 cm³/mol. The van der Waals surface area contributed by atoms with Crippen LogP contribution in [0.25, 0.3) is 0 Å². The van der Waals surface area contributed by atoms with Crippen molar-refractivity contribution in [3.63, 3.8) is 0 Å². The van der Waals surface area contributed by atoms with E-state index in [1.807, 2.05) is 25.7 Å². The van der Waals surface area contributed by atoms with Crippen molar-refractivity contribution in [2.75, 3.05) is 26.2 Å². The van der Waals surface area contributed by atoms with E-state index < -0.39 is 10.0 Å². The largest absolute Gasteiger partial charge is 0.339 e. The number of hydrogen-bond acceptors (Lipinski definition) is 3. The SMILES string of the molecule is CCN(CC)S(=O)(=O)c1ccc(C)c(C(=O)N2CCCCCC2)c1. The van der Waals surface area contributed by atoms with Gasteiger partial charge in [0.1, 0.15) is 0 Å². The maximum Gasteiger partial charge on any atom is 0.254 e. The molecule has 24 heavy (non-hydrogen) atoms. The first-order valence-electron chi connectivity index (χ1n) is 8.81. The van der Waals surface area contributed by atoms with E-state index in [0.29, 0.717) is 18.7 Å². The normalized spacial score (nSPS) is 16.2. The van der Waals surface area contributed by atoms with Gasteiger partial charge in [-0.25, -0.2) is 8.42 Å². The number of sulfonamides is 1. The number of likely N-dealkylation sites (tertiary alicyclic amines) is 1. The summed E-state index contributed by atoms with van der Waals surface area (Å²) in [6, 6.07) is 4.89. The van der Waals surface area contributed by atoms with Crippen LogP contribution in [0.4, 0.5) is 0 Å². The first-order valence-corrected chi connectivity index (χ1v) is 10.3. The molecule has 0 spiro atoms. The molecule has 5 nitrogen and oxygen atoms in total. The highest BCUT2D eigenvalue weighted by atomic mass is 32.2. The molecular formula is C18H28N2O3S. The molecule has 1 amide bonds. The molecule has 0 unspecified atom stereocenters. The molecule has 0 aromatic heterocycles. The van der Waals surface area contributed by atoms with Crippen LogP contribution in [-0.4, -0.2) is 49.7 Å². The fourth-order valence-electron chi connectivity index (χ4n) is 3.15. The molecule has 1 aromatic rings. The standard InChI is InChI=1S/C18H28N2O3S/c1-4-20(5-2)24(22,23)16-11-10-15(3)17(14-16)18(21)19-12-8-6-7-9-13-19/h10-11,14H,4-9,12-13H2,1-3H3. The van der Waals surface area contributed by atoms with E-state index in [0.717, 1.165) is 44.3 Å². The average molecular weight is 353 g/mol. The van der Waals surface area contributed by atoms with Crippen LogP contribution in [0.5, 0.6) is 0 Å². The van der Waals surface area contributed by atoms with Crippen molar-refractivity contribution in [2.24, 2.45) is 0 Å². The highest BCUT2D eigenvalue weighted by Gasteiger charge is 2.25. The predicted octanol–water partition coefficient (Wildman–Crippen LogP) is 3.04. The van der Waals surface area contributed by atoms with E-state index >= 15 is 0 Å². The number of rotatable bonds is 5. The topological polar surface area (TPSA) is 57.7 Å². The molecule has 0 atom stereocenters. The Bertz CT molecular complexity index is 674. The lowest BCUT2D eigenvalue weighted by molar-refractivity contribution is 0.0760. The Balaban J connectivity index is 2.36. The van der Waals surface area contributed by atoms with E-state index in [4.69, 9.17) is 0 Å². The lowest BCUT2D eigenvalue weighted by Crippen LogP contribution is -2.33. The highest BCUT2D eigenvalue weighted by molar-refractivity contribution is 7.89. The van der Waals surface area contributed by atoms with E-state index in [9.17, 15) is 13.2 Å². The van der Waals surface area contributed by atoms with E-state index in [-0.39, 0.29) is 10.8 Å². The van der Waals surface area contributed by atoms with Gasteiger partial charge in [0.15, 0.2) is 0 Å². The first-order chi connectivity index (χ1) is 11.4. The number of benzene rings is 1. The van der Waals surface area contributed by atoms with Crippen molar-refractivity contribution in [3.05, 3.63) is 29.3 Å². The molecule has 2 rings (SSSR count). The van der Waals surface area contributed by atoms with Crippen molar-refractivity contribution >= 4 is 15.9 Å². The third kappa shape index (κ3) is 3.98. The summed E-state index contributed by atoms with van der Waals surface area (Å²) in [6.07, 6.45) is 4.34. The van der Waals surface area contributed by atoms with Crippen LogP contribution in [-0.2, 0) is 10.0 Å². The van der Waals surface area contributed by atoms with Crippen molar-refractivity contribution < 1.29 is 13.2 Å². The summed E-state index contributed by atoms with van der Waals surface area (Å²) in [7, 11) is -3.55. The summed E-state index contributed by atoms with van der Waals surface area (Å²) in [5.41, 5.74) is 1.33. The molecule has 0 radical (unpaired) electrons. The second-order valence-corrected chi connectivity index (χ2v) is 8.21. The third-order valence-corrected chi connectivity index (χ3v) is 6.72. The first kappa shape index (κ1) is 18.9. The van der Waals surface area contributed by atoms with Crippen molar-refractivity contribution in [2.45, 2.75) is 51.3 Å². The molecule has 0 aliphatic carbocycles. The molecule has 134 valence electrons. The summed E-state index contributed by atoms with van der Waals surface area (Å²) >= 11 is 0. The Kier molecular flexibility index (Phi) is 6.40. The highest BCUT2D eigenvalue weighted by Crippen LogP contribution is 2.22. The number of carbonyl (C=O) groups excluding carboxylic acids is 1. The van der Waals surface area contributed by atoms with Gasteiger partial charge in [-0.2, -0.15) is 4.31 Å². The molecule has 0 saturated carbocycles. The van der Waals surface area contributed by atoms with Crippen molar-refractivity contribution in [3.8, 4) is 0 Å². The molecule has 1 aromatic carbocycles. The van der Waals surface area contributed by atoms with E-state index in [1.165, 1.54) is 4.31 Å². The number of hydrogen-bond donors (Lipinski definition) is 0. The molecule has 0 bridgehead atoms. The molecule has 1 saturated heterocycles. The Hall–Kier alpha value is -1.40. The second-order valence-electron chi connectivity index (χ2n) is 6.27. The van der Waals surface area contributed by atoms with E-state index in [2.05, 4.69) is 0 Å².